The van der Waals surface area contributed by atoms with Gasteiger partial charge in [0.15, 0.2) is 0 Å². The summed E-state index contributed by atoms with van der Waals surface area (Å²) in [6.45, 7) is 2.06. The molecule has 0 spiro atoms. The molecule has 0 aromatic heterocycles. The van der Waals surface area contributed by atoms with Crippen molar-refractivity contribution < 1.29 is 14.3 Å². The van der Waals surface area contributed by atoms with Gasteiger partial charge in [-0.2, -0.15) is 0 Å². The van der Waals surface area contributed by atoms with Gasteiger partial charge in [-0.3, -0.25) is 9.59 Å². The zero-order valence-corrected chi connectivity index (χ0v) is 15.4. The maximum atomic E-state index is 12.4. The van der Waals surface area contributed by atoms with Gasteiger partial charge in [0.25, 0.3) is 0 Å². The molecule has 0 saturated heterocycles. The van der Waals surface area contributed by atoms with Crippen LogP contribution in [0, 0.1) is 5.41 Å². The van der Waals surface area contributed by atoms with Crippen LogP contribution in [-0.2, 0) is 16.0 Å². The number of carbonyl (C=O) groups excluding carboxylic acids is 2. The van der Waals surface area contributed by atoms with Gasteiger partial charge < -0.3 is 20.3 Å². The van der Waals surface area contributed by atoms with Gasteiger partial charge in [-0.15, -0.1) is 0 Å². The molecule has 0 atom stereocenters. The van der Waals surface area contributed by atoms with E-state index in [1.165, 1.54) is 0 Å². The lowest BCUT2D eigenvalue weighted by Gasteiger charge is -2.16. The molecule has 6 nitrogen and oxygen atoms in total. The molecule has 0 unspecified atom stereocenters. The van der Waals surface area contributed by atoms with Gasteiger partial charge in [0.2, 0.25) is 11.8 Å². The fourth-order valence-corrected chi connectivity index (χ4v) is 2.73. The lowest BCUT2D eigenvalue weighted by atomic mass is 10.0. The van der Waals surface area contributed by atoms with Crippen LogP contribution in [0.15, 0.2) is 24.3 Å². The van der Waals surface area contributed by atoms with Crippen molar-refractivity contribution in [1.29, 1.82) is 0 Å². The van der Waals surface area contributed by atoms with Crippen LogP contribution in [-0.4, -0.2) is 57.6 Å². The minimum atomic E-state index is -0.835. The Morgan fingerprint density at radius 3 is 2.20 bits per heavy atom. The molecule has 1 aromatic rings. The Kier molecular flexibility index (Phi) is 6.82. The number of methoxy groups -OCH3 is 1. The number of rotatable bonds is 10. The lowest BCUT2D eigenvalue weighted by molar-refractivity contribution is -0.137. The van der Waals surface area contributed by atoms with Gasteiger partial charge in [-0.05, 0) is 64.0 Å². The molecule has 0 bridgehead atoms. The standard InChI is InChI=1S/C19H29N3O3/c1-22(2)14-4-12-20-17(23)19(10-11-19)18(24)21-13-9-15-5-7-16(25-3)8-6-15/h5-8H,4,9-14H2,1-3H3,(H,20,23)(H,21,24). The minimum Gasteiger partial charge on any atom is -0.497 e. The van der Waals surface area contributed by atoms with E-state index in [9.17, 15) is 9.59 Å². The van der Waals surface area contributed by atoms with E-state index >= 15 is 0 Å². The van der Waals surface area contributed by atoms with Crippen LogP contribution in [0.4, 0.5) is 0 Å². The Hall–Kier alpha value is -2.08. The average Bonchev–Trinajstić information content (AvgIpc) is 3.41. The quantitative estimate of drug-likeness (QED) is 0.493. The third-order valence-corrected chi connectivity index (χ3v) is 4.55. The number of benzene rings is 1. The van der Waals surface area contributed by atoms with Crippen LogP contribution in [0.5, 0.6) is 5.75 Å². The first-order valence-corrected chi connectivity index (χ1v) is 8.82. The summed E-state index contributed by atoms with van der Waals surface area (Å²) in [5.74, 6) is 0.537. The molecule has 0 aliphatic heterocycles. The zero-order chi connectivity index (χ0) is 18.3. The van der Waals surface area contributed by atoms with E-state index in [1.807, 2.05) is 38.4 Å². The number of nitrogens with zero attached hydrogens (tertiary/aromatic N) is 1. The summed E-state index contributed by atoms with van der Waals surface area (Å²) in [7, 11) is 5.64. The molecular weight excluding hydrogens is 318 g/mol. The van der Waals surface area contributed by atoms with Crippen LogP contribution in [0.1, 0.15) is 24.8 Å². The third kappa shape index (κ3) is 5.46. The molecule has 6 heteroatoms. The highest BCUT2D eigenvalue weighted by molar-refractivity contribution is 6.07. The van der Waals surface area contributed by atoms with Crippen LogP contribution in [0.2, 0.25) is 0 Å². The molecule has 1 fully saturated rings. The van der Waals surface area contributed by atoms with Crippen LogP contribution in [0.25, 0.3) is 0 Å². The second-order valence-electron chi connectivity index (χ2n) is 6.85. The van der Waals surface area contributed by atoms with E-state index in [0.29, 0.717) is 25.9 Å². The molecule has 0 heterocycles. The number of hydrogen-bond acceptors (Lipinski definition) is 4. The Bertz CT molecular complexity index is 580. The Morgan fingerprint density at radius 2 is 1.68 bits per heavy atom. The Morgan fingerprint density at radius 1 is 1.08 bits per heavy atom. The van der Waals surface area contributed by atoms with Crippen molar-refractivity contribution in [3.8, 4) is 5.75 Å². The average molecular weight is 347 g/mol. The monoisotopic (exact) mass is 347 g/mol. The summed E-state index contributed by atoms with van der Waals surface area (Å²) in [6, 6.07) is 7.77. The topological polar surface area (TPSA) is 70.7 Å². The highest BCUT2D eigenvalue weighted by Crippen LogP contribution is 2.46. The second-order valence-corrected chi connectivity index (χ2v) is 6.85. The summed E-state index contributed by atoms with van der Waals surface area (Å²) >= 11 is 0. The summed E-state index contributed by atoms with van der Waals surface area (Å²) < 4.78 is 5.13. The van der Waals surface area contributed by atoms with Crippen molar-refractivity contribution in [3.05, 3.63) is 29.8 Å². The second kappa shape index (κ2) is 8.85. The largest absolute Gasteiger partial charge is 0.497 e. The Labute approximate surface area is 149 Å². The molecule has 1 saturated carbocycles. The van der Waals surface area contributed by atoms with Crippen LogP contribution in [0.3, 0.4) is 0 Å². The van der Waals surface area contributed by atoms with Crippen molar-refractivity contribution in [2.75, 3.05) is 40.8 Å². The van der Waals surface area contributed by atoms with Gasteiger partial charge in [-0.1, -0.05) is 12.1 Å². The van der Waals surface area contributed by atoms with Crippen LogP contribution >= 0.6 is 0 Å². The first kappa shape index (κ1) is 19.2. The molecule has 2 rings (SSSR count). The van der Waals surface area contributed by atoms with Gasteiger partial charge >= 0.3 is 0 Å². The molecule has 2 N–H and O–H groups in total. The lowest BCUT2D eigenvalue weighted by Crippen LogP contribution is -2.44. The van der Waals surface area contributed by atoms with Crippen LogP contribution < -0.4 is 15.4 Å². The van der Waals surface area contributed by atoms with Gasteiger partial charge in [0.05, 0.1) is 7.11 Å². The maximum Gasteiger partial charge on any atom is 0.235 e. The highest BCUT2D eigenvalue weighted by atomic mass is 16.5. The van der Waals surface area contributed by atoms with Gasteiger partial charge in [-0.25, -0.2) is 0 Å². The smallest absolute Gasteiger partial charge is 0.235 e. The normalized spacial score (nSPS) is 14.9. The molecule has 138 valence electrons. The van der Waals surface area contributed by atoms with Crippen molar-refractivity contribution in [3.63, 3.8) is 0 Å². The minimum absolute atomic E-state index is 0.131. The van der Waals surface area contributed by atoms with Gasteiger partial charge in [0, 0.05) is 13.1 Å². The number of ether oxygens (including phenoxy) is 1. The van der Waals surface area contributed by atoms with E-state index < -0.39 is 5.41 Å². The predicted octanol–water partition coefficient (Wildman–Crippen LogP) is 1.20. The number of carbonyl (C=O) groups is 2. The summed E-state index contributed by atoms with van der Waals surface area (Å²) in [6.07, 6.45) is 2.89. The van der Waals surface area contributed by atoms with Crippen molar-refractivity contribution >= 4 is 11.8 Å². The fraction of sp³-hybridized carbons (Fsp3) is 0.579. The highest BCUT2D eigenvalue weighted by Gasteiger charge is 2.56. The SMILES string of the molecule is COc1ccc(CCNC(=O)C2(C(=O)NCCCN(C)C)CC2)cc1. The van der Waals surface area contributed by atoms with Crippen molar-refractivity contribution in [2.45, 2.75) is 25.7 Å². The number of hydrogen-bond donors (Lipinski definition) is 2. The maximum absolute atomic E-state index is 12.4. The van der Waals surface area contributed by atoms with Gasteiger partial charge in [0.1, 0.15) is 11.2 Å². The summed E-state index contributed by atoms with van der Waals surface area (Å²) in [4.78, 5) is 26.8. The molecule has 1 aromatic carbocycles. The number of amides is 2. The van der Waals surface area contributed by atoms with E-state index in [4.69, 9.17) is 4.74 Å². The molecular formula is C19H29N3O3. The molecule has 1 aliphatic carbocycles. The molecule has 2 amide bonds. The molecule has 25 heavy (non-hydrogen) atoms. The zero-order valence-electron chi connectivity index (χ0n) is 15.4. The first-order chi connectivity index (χ1) is 12.0. The van der Waals surface area contributed by atoms with E-state index in [2.05, 4.69) is 15.5 Å². The third-order valence-electron chi connectivity index (χ3n) is 4.55. The van der Waals surface area contributed by atoms with E-state index in [-0.39, 0.29) is 11.8 Å². The first-order valence-electron chi connectivity index (χ1n) is 8.82. The Balaban J connectivity index is 1.72. The molecule has 1 aliphatic rings. The van der Waals surface area contributed by atoms with E-state index in [1.54, 1.807) is 7.11 Å². The van der Waals surface area contributed by atoms with Crippen molar-refractivity contribution in [1.82, 2.24) is 15.5 Å². The fourth-order valence-electron chi connectivity index (χ4n) is 2.73. The summed E-state index contributed by atoms with van der Waals surface area (Å²) in [5, 5.41) is 5.81. The predicted molar refractivity (Wildman–Crippen MR) is 97.6 cm³/mol. The molecule has 0 radical (unpaired) electrons. The van der Waals surface area contributed by atoms with E-state index in [0.717, 1.165) is 30.7 Å². The van der Waals surface area contributed by atoms with Crippen molar-refractivity contribution in [2.24, 2.45) is 5.41 Å². The summed E-state index contributed by atoms with van der Waals surface area (Å²) in [5.41, 5.74) is 0.289. The number of nitrogens with one attached hydrogen (secondary N) is 2.